The molecule has 0 saturated carbocycles. The van der Waals surface area contributed by atoms with Crippen molar-refractivity contribution in [1.82, 2.24) is 10.6 Å². The van der Waals surface area contributed by atoms with Crippen molar-refractivity contribution in [2.75, 3.05) is 26.8 Å². The van der Waals surface area contributed by atoms with Gasteiger partial charge in [-0.05, 0) is 24.0 Å². The number of hydrogen-bond donors (Lipinski definition) is 2. The molecule has 3 rings (SSSR count). The summed E-state index contributed by atoms with van der Waals surface area (Å²) in [6.45, 7) is 3.25. The molecule has 1 fully saturated rings. The molecule has 2 aromatic rings. The van der Waals surface area contributed by atoms with Gasteiger partial charge < -0.3 is 15.4 Å². The number of aliphatic imine (C=N–C) groups is 1. The second-order valence-corrected chi connectivity index (χ2v) is 6.52. The van der Waals surface area contributed by atoms with Gasteiger partial charge in [-0.3, -0.25) is 4.99 Å². The summed E-state index contributed by atoms with van der Waals surface area (Å²) in [5, 5.41) is 6.93. The molecule has 0 amide bonds. The van der Waals surface area contributed by atoms with Crippen LogP contribution in [0.25, 0.3) is 0 Å². The number of ether oxygens (including phenoxy) is 1. The van der Waals surface area contributed by atoms with Crippen LogP contribution in [0.4, 0.5) is 0 Å². The summed E-state index contributed by atoms with van der Waals surface area (Å²) in [6, 6.07) is 21.1. The zero-order valence-electron chi connectivity index (χ0n) is 15.3. The minimum Gasteiger partial charge on any atom is -0.381 e. The summed E-state index contributed by atoms with van der Waals surface area (Å²) in [5.41, 5.74) is 2.72. The molecule has 2 aromatic carbocycles. The maximum absolute atomic E-state index is 5.61. The maximum atomic E-state index is 5.61. The average molecular weight is 465 g/mol. The number of nitrogens with zero attached hydrogens (tertiary/aromatic N) is 1. The molecule has 0 bridgehead atoms. The Hall–Kier alpha value is -1.60. The van der Waals surface area contributed by atoms with Gasteiger partial charge in [0, 0.05) is 38.8 Å². The van der Waals surface area contributed by atoms with Crippen LogP contribution in [0.2, 0.25) is 0 Å². The van der Waals surface area contributed by atoms with Crippen LogP contribution in [0.1, 0.15) is 24.0 Å². The molecule has 0 aromatic heterocycles. The molecule has 0 unspecified atom stereocenters. The van der Waals surface area contributed by atoms with E-state index in [4.69, 9.17) is 4.74 Å². The van der Waals surface area contributed by atoms with Gasteiger partial charge in [0.05, 0.1) is 0 Å². The summed E-state index contributed by atoms with van der Waals surface area (Å²) < 4.78 is 5.61. The summed E-state index contributed by atoms with van der Waals surface area (Å²) in [4.78, 5) is 4.38. The van der Waals surface area contributed by atoms with Crippen molar-refractivity contribution in [3.05, 3.63) is 71.8 Å². The van der Waals surface area contributed by atoms with E-state index in [1.54, 1.807) is 0 Å². The van der Waals surface area contributed by atoms with E-state index < -0.39 is 0 Å². The molecule has 1 saturated heterocycles. The van der Waals surface area contributed by atoms with E-state index in [0.717, 1.165) is 45.1 Å². The van der Waals surface area contributed by atoms with E-state index in [9.17, 15) is 0 Å². The minimum absolute atomic E-state index is 0. The predicted octanol–water partition coefficient (Wildman–Crippen LogP) is 3.72. The Kier molecular flexibility index (Phi) is 8.38. The lowest BCUT2D eigenvalue weighted by atomic mass is 9.74. The molecule has 1 aliphatic heterocycles. The molecule has 2 N–H and O–H groups in total. The van der Waals surface area contributed by atoms with Gasteiger partial charge >= 0.3 is 0 Å². The van der Waals surface area contributed by atoms with E-state index in [-0.39, 0.29) is 29.4 Å². The topological polar surface area (TPSA) is 45.7 Å². The number of hydrogen-bond acceptors (Lipinski definition) is 2. The zero-order chi connectivity index (χ0) is 17.4. The molecule has 0 aliphatic carbocycles. The van der Waals surface area contributed by atoms with E-state index >= 15 is 0 Å². The fraction of sp³-hybridized carbons (Fsp3) is 0.381. The number of halogens is 1. The summed E-state index contributed by atoms with van der Waals surface area (Å²) in [5.74, 6) is 0.839. The van der Waals surface area contributed by atoms with Gasteiger partial charge in [0.2, 0.25) is 0 Å². The highest BCUT2D eigenvalue weighted by atomic mass is 127. The predicted molar refractivity (Wildman–Crippen MR) is 118 cm³/mol. The molecular formula is C21H28IN3O. The van der Waals surface area contributed by atoms with Crippen molar-refractivity contribution >= 4 is 29.9 Å². The Morgan fingerprint density at radius 3 is 2.19 bits per heavy atom. The van der Waals surface area contributed by atoms with Crippen LogP contribution in [0, 0.1) is 0 Å². The second kappa shape index (κ2) is 10.5. The number of rotatable bonds is 5. The van der Waals surface area contributed by atoms with Gasteiger partial charge in [-0.1, -0.05) is 60.7 Å². The van der Waals surface area contributed by atoms with E-state index in [1.807, 2.05) is 13.1 Å². The van der Waals surface area contributed by atoms with Gasteiger partial charge in [-0.15, -0.1) is 24.0 Å². The fourth-order valence-electron chi connectivity index (χ4n) is 3.38. The van der Waals surface area contributed by atoms with Crippen molar-refractivity contribution in [3.8, 4) is 0 Å². The second-order valence-electron chi connectivity index (χ2n) is 6.52. The van der Waals surface area contributed by atoms with Crippen LogP contribution in [-0.2, 0) is 16.7 Å². The SMILES string of the molecule is CN=C(NCc1ccccc1)NCC1(c2ccccc2)CCOCC1.I. The lowest BCUT2D eigenvalue weighted by Crippen LogP contribution is -2.47. The first kappa shape index (κ1) is 20.7. The van der Waals surface area contributed by atoms with Crippen molar-refractivity contribution in [3.63, 3.8) is 0 Å². The lowest BCUT2D eigenvalue weighted by molar-refractivity contribution is 0.0514. The first-order chi connectivity index (χ1) is 12.3. The van der Waals surface area contributed by atoms with Gasteiger partial charge in [-0.2, -0.15) is 0 Å². The van der Waals surface area contributed by atoms with Crippen LogP contribution in [-0.4, -0.2) is 32.8 Å². The highest BCUT2D eigenvalue weighted by Gasteiger charge is 2.34. The average Bonchev–Trinajstić information content (AvgIpc) is 2.70. The summed E-state index contributed by atoms with van der Waals surface area (Å²) in [7, 11) is 1.82. The Balaban J connectivity index is 0.00000243. The third kappa shape index (κ3) is 5.45. The van der Waals surface area contributed by atoms with E-state index in [1.165, 1.54) is 11.1 Å². The molecule has 140 valence electrons. The minimum atomic E-state index is 0. The smallest absolute Gasteiger partial charge is 0.191 e. The first-order valence-electron chi connectivity index (χ1n) is 8.94. The van der Waals surface area contributed by atoms with E-state index in [2.05, 4.69) is 70.2 Å². The molecule has 4 nitrogen and oxygen atoms in total. The van der Waals surface area contributed by atoms with Gasteiger partial charge in [-0.25, -0.2) is 0 Å². The van der Waals surface area contributed by atoms with Crippen molar-refractivity contribution in [1.29, 1.82) is 0 Å². The van der Waals surface area contributed by atoms with Crippen LogP contribution in [0.3, 0.4) is 0 Å². The van der Waals surface area contributed by atoms with Crippen LogP contribution < -0.4 is 10.6 Å². The van der Waals surface area contributed by atoms with Crippen LogP contribution >= 0.6 is 24.0 Å². The highest BCUT2D eigenvalue weighted by Crippen LogP contribution is 2.34. The van der Waals surface area contributed by atoms with Crippen LogP contribution in [0.15, 0.2) is 65.7 Å². The quantitative estimate of drug-likeness (QED) is 0.402. The third-order valence-corrected chi connectivity index (χ3v) is 4.96. The Bertz CT molecular complexity index is 670. The molecule has 0 atom stereocenters. The molecule has 26 heavy (non-hydrogen) atoms. The molecule has 0 spiro atoms. The van der Waals surface area contributed by atoms with Gasteiger partial charge in [0.25, 0.3) is 0 Å². The summed E-state index contributed by atoms with van der Waals surface area (Å²) in [6.07, 6.45) is 2.05. The monoisotopic (exact) mass is 465 g/mol. The number of guanidine groups is 1. The molecule has 1 heterocycles. The van der Waals surface area contributed by atoms with E-state index in [0.29, 0.717) is 0 Å². The van der Waals surface area contributed by atoms with Crippen molar-refractivity contribution in [2.45, 2.75) is 24.8 Å². The zero-order valence-corrected chi connectivity index (χ0v) is 17.6. The normalized spacial score (nSPS) is 16.4. The lowest BCUT2D eigenvalue weighted by Gasteiger charge is -2.38. The number of nitrogens with one attached hydrogen (secondary N) is 2. The Labute approximate surface area is 173 Å². The molecule has 1 aliphatic rings. The third-order valence-electron chi connectivity index (χ3n) is 4.96. The highest BCUT2D eigenvalue weighted by molar-refractivity contribution is 14.0. The van der Waals surface area contributed by atoms with Gasteiger partial charge in [0.1, 0.15) is 0 Å². The van der Waals surface area contributed by atoms with Crippen molar-refractivity contribution in [2.24, 2.45) is 4.99 Å². The first-order valence-corrected chi connectivity index (χ1v) is 8.94. The Morgan fingerprint density at radius 1 is 0.962 bits per heavy atom. The Morgan fingerprint density at radius 2 is 1.58 bits per heavy atom. The molecular weight excluding hydrogens is 437 g/mol. The molecule has 0 radical (unpaired) electrons. The fourth-order valence-corrected chi connectivity index (χ4v) is 3.38. The van der Waals surface area contributed by atoms with Crippen molar-refractivity contribution < 1.29 is 4.74 Å². The summed E-state index contributed by atoms with van der Waals surface area (Å²) >= 11 is 0. The maximum Gasteiger partial charge on any atom is 0.191 e. The van der Waals surface area contributed by atoms with Gasteiger partial charge in [0.15, 0.2) is 5.96 Å². The molecule has 5 heteroatoms. The largest absolute Gasteiger partial charge is 0.381 e. The standard InChI is InChI=1S/C21H27N3O.HI/c1-22-20(23-16-18-8-4-2-5-9-18)24-17-21(12-14-25-15-13-21)19-10-6-3-7-11-19;/h2-11H,12-17H2,1H3,(H2,22,23,24);1H. The number of benzene rings is 2. The van der Waals surface area contributed by atoms with Crippen LogP contribution in [0.5, 0.6) is 0 Å².